The summed E-state index contributed by atoms with van der Waals surface area (Å²) in [6.07, 6.45) is 0. The molecule has 7 heteroatoms. The molecule has 1 aliphatic rings. The average Bonchev–Trinajstić information content (AvgIpc) is 2.52. The van der Waals surface area contributed by atoms with Crippen LogP contribution in [-0.4, -0.2) is 19.6 Å². The van der Waals surface area contributed by atoms with E-state index in [0.29, 0.717) is 11.1 Å². The lowest BCUT2D eigenvalue weighted by atomic mass is 9.97. The van der Waals surface area contributed by atoms with Gasteiger partial charge >= 0.3 is 10.3 Å². The number of Topliss-reactive ketones (excluding diaryl/α,β-unsaturated/α-hetero) is 1. The molecule has 114 valence electrons. The standard InChI is InChI=1S/C15H12ClNO4S/c16-13(15(18)10-6-2-1-3-7-10)14-11-8-4-5-9-12(11)21-22(19,20)17-14/h1-9,13-14,17H/t13-,14+/m0/s1. The Balaban J connectivity index is 1.99. The van der Waals surface area contributed by atoms with Gasteiger partial charge in [-0.2, -0.15) is 13.1 Å². The molecule has 2 aromatic carbocycles. The zero-order valence-electron chi connectivity index (χ0n) is 11.3. The van der Waals surface area contributed by atoms with Crippen molar-refractivity contribution in [1.29, 1.82) is 0 Å². The van der Waals surface area contributed by atoms with E-state index in [1.165, 1.54) is 6.07 Å². The largest absolute Gasteiger partial charge is 0.383 e. The van der Waals surface area contributed by atoms with Crippen LogP contribution in [0.4, 0.5) is 0 Å². The van der Waals surface area contributed by atoms with Crippen LogP contribution in [0.15, 0.2) is 54.6 Å². The van der Waals surface area contributed by atoms with Crippen LogP contribution in [0.5, 0.6) is 5.75 Å². The summed E-state index contributed by atoms with van der Waals surface area (Å²) in [7, 11) is -3.99. The van der Waals surface area contributed by atoms with E-state index >= 15 is 0 Å². The van der Waals surface area contributed by atoms with Gasteiger partial charge < -0.3 is 4.18 Å². The monoisotopic (exact) mass is 337 g/mol. The number of carbonyl (C=O) groups excluding carboxylic acids is 1. The number of halogens is 1. The van der Waals surface area contributed by atoms with Crippen molar-refractivity contribution in [2.75, 3.05) is 0 Å². The number of carbonyl (C=O) groups is 1. The van der Waals surface area contributed by atoms with Gasteiger partial charge in [0.05, 0.1) is 6.04 Å². The SMILES string of the molecule is O=C(c1ccccc1)[C@@H](Cl)[C@@H]1NS(=O)(=O)Oc2ccccc21. The number of ketones is 1. The Morgan fingerprint density at radius 3 is 2.45 bits per heavy atom. The molecule has 0 unspecified atom stereocenters. The highest BCUT2D eigenvalue weighted by molar-refractivity contribution is 7.85. The Hall–Kier alpha value is -1.89. The molecule has 0 radical (unpaired) electrons. The fraction of sp³-hybridized carbons (Fsp3) is 0.133. The van der Waals surface area contributed by atoms with Crippen molar-refractivity contribution in [2.24, 2.45) is 0 Å². The number of fused-ring (bicyclic) bond motifs is 1. The molecule has 3 rings (SSSR count). The normalized spacial score (nSPS) is 20.5. The zero-order valence-corrected chi connectivity index (χ0v) is 12.8. The van der Waals surface area contributed by atoms with Crippen LogP contribution in [0.2, 0.25) is 0 Å². The molecule has 0 spiro atoms. The molecule has 1 aliphatic heterocycles. The highest BCUT2D eigenvalue weighted by Gasteiger charge is 2.38. The number of benzene rings is 2. The molecule has 0 aromatic heterocycles. The van der Waals surface area contributed by atoms with Crippen LogP contribution in [0, 0.1) is 0 Å². The molecule has 0 bridgehead atoms. The summed E-state index contributed by atoms with van der Waals surface area (Å²) < 4.78 is 30.7. The molecule has 0 saturated heterocycles. The second-order valence-corrected chi connectivity index (χ2v) is 6.58. The predicted molar refractivity (Wildman–Crippen MR) is 82.3 cm³/mol. The summed E-state index contributed by atoms with van der Waals surface area (Å²) in [5.74, 6) is -0.176. The van der Waals surface area contributed by atoms with Gasteiger partial charge in [0.25, 0.3) is 0 Å². The van der Waals surface area contributed by atoms with Crippen LogP contribution in [-0.2, 0) is 10.3 Å². The third-order valence-electron chi connectivity index (χ3n) is 3.33. The minimum Gasteiger partial charge on any atom is -0.371 e. The van der Waals surface area contributed by atoms with E-state index in [4.69, 9.17) is 15.8 Å². The molecule has 2 aromatic rings. The topological polar surface area (TPSA) is 72.5 Å². The van der Waals surface area contributed by atoms with Gasteiger partial charge in [-0.25, -0.2) is 0 Å². The minimum atomic E-state index is -3.99. The van der Waals surface area contributed by atoms with Crippen molar-refractivity contribution in [2.45, 2.75) is 11.4 Å². The van der Waals surface area contributed by atoms with Crippen molar-refractivity contribution in [3.63, 3.8) is 0 Å². The van der Waals surface area contributed by atoms with E-state index in [1.807, 2.05) is 0 Å². The average molecular weight is 338 g/mol. The summed E-state index contributed by atoms with van der Waals surface area (Å²) in [4.78, 5) is 12.5. The Morgan fingerprint density at radius 1 is 1.09 bits per heavy atom. The van der Waals surface area contributed by atoms with Crippen LogP contribution in [0.1, 0.15) is 22.0 Å². The second-order valence-electron chi connectivity index (χ2n) is 4.80. The molecule has 22 heavy (non-hydrogen) atoms. The molecule has 1 N–H and O–H groups in total. The van der Waals surface area contributed by atoms with Gasteiger partial charge in [-0.15, -0.1) is 11.6 Å². The van der Waals surface area contributed by atoms with Gasteiger partial charge in [0.2, 0.25) is 0 Å². The first-order valence-electron chi connectivity index (χ1n) is 6.52. The van der Waals surface area contributed by atoms with Gasteiger partial charge in [-0.1, -0.05) is 48.5 Å². The minimum absolute atomic E-state index is 0.178. The first-order valence-corrected chi connectivity index (χ1v) is 8.36. The van der Waals surface area contributed by atoms with Gasteiger partial charge in [0.1, 0.15) is 11.1 Å². The van der Waals surface area contributed by atoms with Gasteiger partial charge in [0.15, 0.2) is 5.78 Å². The van der Waals surface area contributed by atoms with Crippen molar-refractivity contribution >= 4 is 27.7 Å². The molecule has 0 aliphatic carbocycles. The second kappa shape index (κ2) is 5.72. The summed E-state index contributed by atoms with van der Waals surface area (Å²) in [6.45, 7) is 0. The lowest BCUT2D eigenvalue weighted by Gasteiger charge is -2.28. The first kappa shape index (κ1) is 15.0. The van der Waals surface area contributed by atoms with Gasteiger partial charge in [-0.05, 0) is 6.07 Å². The fourth-order valence-corrected chi connectivity index (χ4v) is 3.71. The molecule has 5 nitrogen and oxygen atoms in total. The highest BCUT2D eigenvalue weighted by atomic mass is 35.5. The number of hydrogen-bond acceptors (Lipinski definition) is 4. The van der Waals surface area contributed by atoms with Crippen LogP contribution in [0.3, 0.4) is 0 Å². The van der Waals surface area contributed by atoms with E-state index in [9.17, 15) is 13.2 Å². The van der Waals surface area contributed by atoms with Crippen molar-refractivity contribution in [3.05, 3.63) is 65.7 Å². The van der Waals surface area contributed by atoms with E-state index in [-0.39, 0.29) is 11.5 Å². The smallest absolute Gasteiger partial charge is 0.371 e. The van der Waals surface area contributed by atoms with E-state index in [0.717, 1.165) is 0 Å². The van der Waals surface area contributed by atoms with Crippen molar-refractivity contribution in [3.8, 4) is 5.75 Å². The maximum atomic E-state index is 12.5. The highest BCUT2D eigenvalue weighted by Crippen LogP contribution is 2.35. The molecular weight excluding hydrogens is 326 g/mol. The quantitative estimate of drug-likeness (QED) is 0.689. The zero-order chi connectivity index (χ0) is 15.7. The number of hydrogen-bond donors (Lipinski definition) is 1. The summed E-state index contributed by atoms with van der Waals surface area (Å²) >= 11 is 6.27. The summed E-state index contributed by atoms with van der Waals surface area (Å²) in [5.41, 5.74) is 0.951. The van der Waals surface area contributed by atoms with Gasteiger partial charge in [-0.3, -0.25) is 4.79 Å². The van der Waals surface area contributed by atoms with Crippen molar-refractivity contribution in [1.82, 2.24) is 4.72 Å². The predicted octanol–water partition coefficient (Wildman–Crippen LogP) is 2.44. The Morgan fingerprint density at radius 2 is 1.73 bits per heavy atom. The maximum absolute atomic E-state index is 12.5. The first-order chi connectivity index (χ1) is 10.5. The molecular formula is C15H12ClNO4S. The Bertz CT molecular complexity index is 807. The Kier molecular flexibility index (Phi) is 3.90. The third kappa shape index (κ3) is 2.85. The molecule has 1 heterocycles. The number of nitrogens with one attached hydrogen (secondary N) is 1. The van der Waals surface area contributed by atoms with E-state index in [2.05, 4.69) is 4.72 Å². The number of alkyl halides is 1. The van der Waals surface area contributed by atoms with Gasteiger partial charge in [0, 0.05) is 11.1 Å². The number of para-hydroxylation sites is 1. The van der Waals surface area contributed by atoms with E-state index < -0.39 is 21.7 Å². The fourth-order valence-electron chi connectivity index (χ4n) is 2.30. The van der Waals surface area contributed by atoms with E-state index in [1.54, 1.807) is 48.5 Å². The Labute approximate surface area is 133 Å². The summed E-state index contributed by atoms with van der Waals surface area (Å²) in [5, 5.41) is -1.08. The van der Waals surface area contributed by atoms with Crippen LogP contribution in [0.25, 0.3) is 0 Å². The summed E-state index contributed by atoms with van der Waals surface area (Å²) in [6, 6.07) is 14.2. The molecule has 0 amide bonds. The van der Waals surface area contributed by atoms with Crippen molar-refractivity contribution < 1.29 is 17.4 Å². The van der Waals surface area contributed by atoms with Crippen LogP contribution >= 0.6 is 11.6 Å². The maximum Gasteiger partial charge on any atom is 0.383 e. The molecule has 2 atom stereocenters. The molecule has 0 fully saturated rings. The van der Waals surface area contributed by atoms with Crippen LogP contribution < -0.4 is 8.91 Å². The third-order valence-corrected chi connectivity index (χ3v) is 4.72. The lowest BCUT2D eigenvalue weighted by molar-refractivity contribution is 0.0976. The molecule has 0 saturated carbocycles. The lowest BCUT2D eigenvalue weighted by Crippen LogP contribution is -2.43. The number of rotatable bonds is 3.